The van der Waals surface area contributed by atoms with Crippen LogP contribution in [0.15, 0.2) is 29.3 Å². The maximum atomic E-state index is 12.2. The van der Waals surface area contributed by atoms with Crippen LogP contribution in [0.25, 0.3) is 10.2 Å². The smallest absolute Gasteiger partial charge is 0.259 e. The molecule has 0 atom stereocenters. The summed E-state index contributed by atoms with van der Waals surface area (Å²) < 4.78 is 0. The molecule has 6 nitrogen and oxygen atoms in total. The number of nitrogens with zero attached hydrogens (tertiary/aromatic N) is 2. The van der Waals surface area contributed by atoms with Crippen molar-refractivity contribution < 1.29 is 4.79 Å². The lowest BCUT2D eigenvalue weighted by molar-refractivity contribution is 0.0956. The highest BCUT2D eigenvalue weighted by molar-refractivity contribution is 7.98. The van der Waals surface area contributed by atoms with Crippen LogP contribution in [-0.4, -0.2) is 33.2 Å². The minimum absolute atomic E-state index is 0.0755. The number of pyridine rings is 1. The fourth-order valence-electron chi connectivity index (χ4n) is 2.38. The van der Waals surface area contributed by atoms with E-state index >= 15 is 0 Å². The zero-order valence-electron chi connectivity index (χ0n) is 14.0. The molecule has 3 heterocycles. The maximum Gasteiger partial charge on any atom is 0.259 e. The summed E-state index contributed by atoms with van der Waals surface area (Å²) in [5.74, 6) is 1.90. The van der Waals surface area contributed by atoms with Gasteiger partial charge in [-0.25, -0.2) is 4.98 Å². The maximum absolute atomic E-state index is 12.2. The molecule has 3 aromatic rings. The van der Waals surface area contributed by atoms with Crippen molar-refractivity contribution in [3.05, 3.63) is 56.7 Å². The molecular weight excluding hydrogens is 356 g/mol. The van der Waals surface area contributed by atoms with Gasteiger partial charge in [-0.15, -0.1) is 11.3 Å². The standard InChI is InChI=1S/C17H18N4O2S2/c1-10-11(2)25-17-14(10)16(23)20-13(21-17)9-24-8-7-19-15(22)12-3-5-18-6-4-12/h3-6H,7-9H2,1-2H3,(H,19,22)(H,20,21,23). The number of aromatic amines is 1. The summed E-state index contributed by atoms with van der Waals surface area (Å²) in [6.45, 7) is 4.50. The summed E-state index contributed by atoms with van der Waals surface area (Å²) in [7, 11) is 0. The Balaban J connectivity index is 1.52. The molecule has 1 amide bonds. The number of rotatable bonds is 6. The number of thiophene rings is 1. The second-order valence-corrected chi connectivity index (χ2v) is 7.83. The van der Waals surface area contributed by atoms with Gasteiger partial charge in [0.1, 0.15) is 10.7 Å². The van der Waals surface area contributed by atoms with E-state index in [1.807, 2.05) is 13.8 Å². The summed E-state index contributed by atoms with van der Waals surface area (Å²) >= 11 is 3.17. The molecule has 3 rings (SSSR count). The third-order valence-electron chi connectivity index (χ3n) is 3.80. The van der Waals surface area contributed by atoms with Gasteiger partial charge < -0.3 is 10.3 Å². The summed E-state index contributed by atoms with van der Waals surface area (Å²) in [5, 5.41) is 3.55. The average Bonchev–Trinajstić information content (AvgIpc) is 2.89. The summed E-state index contributed by atoms with van der Waals surface area (Å²) in [5.41, 5.74) is 1.53. The molecule has 0 saturated carbocycles. The Kier molecular flexibility index (Phi) is 5.50. The Bertz CT molecular complexity index is 950. The van der Waals surface area contributed by atoms with E-state index < -0.39 is 0 Å². The molecule has 0 unspecified atom stereocenters. The molecule has 0 aliphatic heterocycles. The minimum Gasteiger partial charge on any atom is -0.351 e. The number of nitrogens with one attached hydrogen (secondary N) is 2. The number of thioether (sulfide) groups is 1. The summed E-state index contributed by atoms with van der Waals surface area (Å²) in [4.78, 5) is 37.3. The predicted octanol–water partition coefficient (Wildman–Crippen LogP) is 2.66. The van der Waals surface area contributed by atoms with Crippen molar-refractivity contribution in [3.63, 3.8) is 0 Å². The number of amides is 1. The normalized spacial score (nSPS) is 11.0. The largest absolute Gasteiger partial charge is 0.351 e. The first-order chi connectivity index (χ1) is 12.1. The molecule has 0 radical (unpaired) electrons. The highest BCUT2D eigenvalue weighted by Gasteiger charge is 2.11. The number of fused-ring (bicyclic) bond motifs is 1. The van der Waals surface area contributed by atoms with Gasteiger partial charge in [0.2, 0.25) is 0 Å². The van der Waals surface area contributed by atoms with E-state index in [4.69, 9.17) is 0 Å². The number of aryl methyl sites for hydroxylation is 2. The van der Waals surface area contributed by atoms with Gasteiger partial charge in [0.05, 0.1) is 11.1 Å². The Morgan fingerprint density at radius 3 is 2.84 bits per heavy atom. The Hall–Kier alpha value is -2.19. The average molecular weight is 374 g/mol. The first kappa shape index (κ1) is 17.6. The zero-order chi connectivity index (χ0) is 17.8. The van der Waals surface area contributed by atoms with Crippen LogP contribution in [0.4, 0.5) is 0 Å². The van der Waals surface area contributed by atoms with Gasteiger partial charge in [0, 0.05) is 35.1 Å². The van der Waals surface area contributed by atoms with Crippen LogP contribution in [0.3, 0.4) is 0 Å². The van der Waals surface area contributed by atoms with Crippen molar-refractivity contribution in [2.24, 2.45) is 0 Å². The molecule has 0 aliphatic rings. The van der Waals surface area contributed by atoms with E-state index in [9.17, 15) is 9.59 Å². The van der Waals surface area contributed by atoms with E-state index in [0.717, 1.165) is 21.0 Å². The molecule has 8 heteroatoms. The van der Waals surface area contributed by atoms with Crippen LogP contribution in [-0.2, 0) is 5.75 Å². The number of carbonyl (C=O) groups excluding carboxylic acids is 1. The number of aromatic nitrogens is 3. The lowest BCUT2D eigenvalue weighted by Crippen LogP contribution is -2.25. The zero-order valence-corrected chi connectivity index (χ0v) is 15.6. The second kappa shape index (κ2) is 7.79. The lowest BCUT2D eigenvalue weighted by Gasteiger charge is -2.05. The van der Waals surface area contributed by atoms with Gasteiger partial charge >= 0.3 is 0 Å². The summed E-state index contributed by atoms with van der Waals surface area (Å²) in [6.07, 6.45) is 3.19. The van der Waals surface area contributed by atoms with Crippen molar-refractivity contribution >= 4 is 39.2 Å². The monoisotopic (exact) mass is 374 g/mol. The first-order valence-electron chi connectivity index (χ1n) is 7.81. The van der Waals surface area contributed by atoms with Gasteiger partial charge in [-0.3, -0.25) is 14.6 Å². The minimum atomic E-state index is -0.111. The highest BCUT2D eigenvalue weighted by Crippen LogP contribution is 2.26. The van der Waals surface area contributed by atoms with E-state index in [1.54, 1.807) is 47.6 Å². The van der Waals surface area contributed by atoms with Crippen molar-refractivity contribution in [2.75, 3.05) is 12.3 Å². The molecule has 0 spiro atoms. The van der Waals surface area contributed by atoms with Gasteiger partial charge in [-0.1, -0.05) is 0 Å². The van der Waals surface area contributed by atoms with E-state index in [1.165, 1.54) is 0 Å². The molecule has 0 aliphatic carbocycles. The highest BCUT2D eigenvalue weighted by atomic mass is 32.2. The SMILES string of the molecule is Cc1sc2nc(CSCCNC(=O)c3ccncc3)[nH]c(=O)c2c1C. The van der Waals surface area contributed by atoms with E-state index in [-0.39, 0.29) is 11.5 Å². The number of hydrogen-bond donors (Lipinski definition) is 2. The van der Waals surface area contributed by atoms with Crippen LogP contribution < -0.4 is 10.9 Å². The first-order valence-corrected chi connectivity index (χ1v) is 9.78. The third-order valence-corrected chi connectivity index (χ3v) is 5.87. The Labute approximate surface area is 153 Å². The van der Waals surface area contributed by atoms with Crippen LogP contribution in [0.1, 0.15) is 26.6 Å². The Morgan fingerprint density at radius 2 is 2.08 bits per heavy atom. The Morgan fingerprint density at radius 1 is 1.32 bits per heavy atom. The fraction of sp³-hybridized carbons (Fsp3) is 0.294. The number of carbonyl (C=O) groups is 1. The van der Waals surface area contributed by atoms with Gasteiger partial charge in [0.25, 0.3) is 11.5 Å². The molecule has 130 valence electrons. The van der Waals surface area contributed by atoms with Gasteiger partial charge in [0.15, 0.2) is 0 Å². The third kappa shape index (κ3) is 4.08. The van der Waals surface area contributed by atoms with Crippen LogP contribution >= 0.6 is 23.1 Å². The van der Waals surface area contributed by atoms with Crippen molar-refractivity contribution in [1.82, 2.24) is 20.3 Å². The molecule has 0 saturated heterocycles. The van der Waals surface area contributed by atoms with Crippen molar-refractivity contribution in [3.8, 4) is 0 Å². The lowest BCUT2D eigenvalue weighted by atomic mass is 10.2. The molecule has 0 fully saturated rings. The van der Waals surface area contributed by atoms with Crippen LogP contribution in [0.2, 0.25) is 0 Å². The van der Waals surface area contributed by atoms with Crippen molar-refractivity contribution in [1.29, 1.82) is 0 Å². The summed E-state index contributed by atoms with van der Waals surface area (Å²) in [6, 6.07) is 3.36. The van der Waals surface area contributed by atoms with Gasteiger partial charge in [-0.2, -0.15) is 11.8 Å². The van der Waals surface area contributed by atoms with Gasteiger partial charge in [-0.05, 0) is 31.5 Å². The van der Waals surface area contributed by atoms with E-state index in [0.29, 0.717) is 29.1 Å². The van der Waals surface area contributed by atoms with Crippen molar-refractivity contribution in [2.45, 2.75) is 19.6 Å². The molecule has 0 aromatic carbocycles. The predicted molar refractivity (Wildman–Crippen MR) is 102 cm³/mol. The molecule has 3 aromatic heterocycles. The molecule has 2 N–H and O–H groups in total. The topological polar surface area (TPSA) is 87.7 Å². The van der Waals surface area contributed by atoms with Crippen LogP contribution in [0, 0.1) is 13.8 Å². The molecule has 25 heavy (non-hydrogen) atoms. The quantitative estimate of drug-likeness (QED) is 0.648. The van der Waals surface area contributed by atoms with E-state index in [2.05, 4.69) is 20.3 Å². The molecular formula is C17H18N4O2S2. The number of H-pyrrole nitrogens is 1. The molecule has 0 bridgehead atoms. The fourth-order valence-corrected chi connectivity index (χ4v) is 4.15. The number of hydrogen-bond acceptors (Lipinski definition) is 6. The second-order valence-electron chi connectivity index (χ2n) is 5.52. The van der Waals surface area contributed by atoms with Crippen LogP contribution in [0.5, 0.6) is 0 Å².